The molecule has 18 heavy (non-hydrogen) atoms. The molecule has 0 bridgehead atoms. The van der Waals surface area contributed by atoms with Crippen molar-refractivity contribution in [2.24, 2.45) is 5.73 Å². The van der Waals surface area contributed by atoms with E-state index in [1.54, 1.807) is 12.1 Å². The van der Waals surface area contributed by atoms with Gasteiger partial charge in [-0.2, -0.15) is 5.26 Å². The van der Waals surface area contributed by atoms with E-state index in [-0.39, 0.29) is 6.04 Å². The van der Waals surface area contributed by atoms with Crippen LogP contribution in [0.2, 0.25) is 0 Å². The minimum atomic E-state index is -0.115. The van der Waals surface area contributed by atoms with Gasteiger partial charge in [0.1, 0.15) is 17.6 Å². The largest absolute Gasteiger partial charge is 0.456 e. The van der Waals surface area contributed by atoms with E-state index >= 15 is 0 Å². The van der Waals surface area contributed by atoms with Gasteiger partial charge in [0.05, 0.1) is 5.56 Å². The summed E-state index contributed by atoms with van der Waals surface area (Å²) >= 11 is 0. The molecule has 0 amide bonds. The third-order valence-corrected chi connectivity index (χ3v) is 2.64. The predicted octanol–water partition coefficient (Wildman–Crippen LogP) is 3.37. The van der Waals surface area contributed by atoms with Crippen LogP contribution in [0.4, 0.5) is 0 Å². The Bertz CT molecular complexity index is 585. The fraction of sp³-hybridized carbons (Fsp3) is 0.133. The highest BCUT2D eigenvalue weighted by atomic mass is 16.5. The predicted molar refractivity (Wildman–Crippen MR) is 70.3 cm³/mol. The Kier molecular flexibility index (Phi) is 3.61. The van der Waals surface area contributed by atoms with Crippen LogP contribution in [0.25, 0.3) is 0 Å². The number of benzene rings is 2. The zero-order valence-corrected chi connectivity index (χ0v) is 10.1. The summed E-state index contributed by atoms with van der Waals surface area (Å²) in [4.78, 5) is 0. The van der Waals surface area contributed by atoms with Crippen molar-refractivity contribution in [3.05, 3.63) is 59.7 Å². The highest BCUT2D eigenvalue weighted by Gasteiger charge is 2.09. The van der Waals surface area contributed by atoms with Gasteiger partial charge in [-0.3, -0.25) is 0 Å². The molecule has 0 aromatic heterocycles. The Balaban J connectivity index is 2.38. The van der Waals surface area contributed by atoms with Gasteiger partial charge in [-0.15, -0.1) is 0 Å². The Morgan fingerprint density at radius 3 is 2.33 bits per heavy atom. The molecule has 0 aliphatic carbocycles. The van der Waals surface area contributed by atoms with Crippen molar-refractivity contribution in [1.29, 1.82) is 5.26 Å². The van der Waals surface area contributed by atoms with E-state index in [0.29, 0.717) is 17.1 Å². The van der Waals surface area contributed by atoms with Crippen molar-refractivity contribution in [1.82, 2.24) is 0 Å². The highest BCUT2D eigenvalue weighted by Crippen LogP contribution is 2.30. The molecule has 0 radical (unpaired) electrons. The number of rotatable bonds is 3. The number of nitrogens with two attached hydrogens (primary N) is 1. The Labute approximate surface area is 106 Å². The van der Waals surface area contributed by atoms with E-state index in [1.807, 2.05) is 43.3 Å². The number of hydrogen-bond donors (Lipinski definition) is 1. The van der Waals surface area contributed by atoms with E-state index < -0.39 is 0 Å². The van der Waals surface area contributed by atoms with Crippen LogP contribution in [-0.4, -0.2) is 0 Å². The lowest BCUT2D eigenvalue weighted by Crippen LogP contribution is -2.06. The summed E-state index contributed by atoms with van der Waals surface area (Å²) in [6.07, 6.45) is 0. The van der Waals surface area contributed by atoms with Crippen LogP contribution >= 0.6 is 0 Å². The zero-order chi connectivity index (χ0) is 13.0. The molecule has 2 rings (SSSR count). The van der Waals surface area contributed by atoms with Gasteiger partial charge in [-0.1, -0.05) is 30.3 Å². The maximum absolute atomic E-state index is 9.02. The average molecular weight is 238 g/mol. The fourth-order valence-corrected chi connectivity index (χ4v) is 1.72. The summed E-state index contributed by atoms with van der Waals surface area (Å²) in [5, 5.41) is 9.02. The first-order valence-electron chi connectivity index (χ1n) is 5.74. The average Bonchev–Trinajstić information content (AvgIpc) is 2.40. The number of nitrogens with zero attached hydrogens (tertiary/aromatic N) is 1. The van der Waals surface area contributed by atoms with Crippen LogP contribution in [0.1, 0.15) is 24.1 Å². The van der Waals surface area contributed by atoms with Gasteiger partial charge < -0.3 is 10.5 Å². The summed E-state index contributed by atoms with van der Waals surface area (Å²) in [6, 6.07) is 16.7. The van der Waals surface area contributed by atoms with E-state index in [0.717, 1.165) is 5.56 Å². The van der Waals surface area contributed by atoms with E-state index in [4.69, 9.17) is 15.7 Å². The minimum absolute atomic E-state index is 0.115. The lowest BCUT2D eigenvalue weighted by Gasteiger charge is -2.14. The number of nitriles is 1. The normalized spacial score (nSPS) is 11.6. The topological polar surface area (TPSA) is 59.0 Å². The van der Waals surface area contributed by atoms with Crippen LogP contribution in [0.3, 0.4) is 0 Å². The van der Waals surface area contributed by atoms with E-state index in [9.17, 15) is 0 Å². The SMILES string of the molecule is C[C@H](N)c1ccccc1Oc1ccccc1C#N. The maximum atomic E-state index is 9.02. The maximum Gasteiger partial charge on any atom is 0.145 e. The Morgan fingerprint density at radius 1 is 1.06 bits per heavy atom. The van der Waals surface area contributed by atoms with Crippen molar-refractivity contribution in [3.8, 4) is 17.6 Å². The molecule has 0 heterocycles. The number of hydrogen-bond acceptors (Lipinski definition) is 3. The first-order valence-corrected chi connectivity index (χ1v) is 5.74. The molecule has 2 N–H and O–H groups in total. The second-order valence-corrected chi connectivity index (χ2v) is 4.04. The quantitative estimate of drug-likeness (QED) is 0.891. The standard InChI is InChI=1S/C15H14N2O/c1-11(17)13-7-3-5-9-15(13)18-14-8-4-2-6-12(14)10-16/h2-9,11H,17H2,1H3/t11-/m0/s1. The van der Waals surface area contributed by atoms with Crippen LogP contribution in [0.15, 0.2) is 48.5 Å². The zero-order valence-electron chi connectivity index (χ0n) is 10.1. The summed E-state index contributed by atoms with van der Waals surface area (Å²) in [6.45, 7) is 1.90. The molecule has 0 aliphatic heterocycles. The molecule has 0 spiro atoms. The van der Waals surface area contributed by atoms with Crippen molar-refractivity contribution in [3.63, 3.8) is 0 Å². The van der Waals surface area contributed by atoms with Gasteiger partial charge in [-0.05, 0) is 25.1 Å². The fourth-order valence-electron chi connectivity index (χ4n) is 1.72. The van der Waals surface area contributed by atoms with E-state index in [2.05, 4.69) is 6.07 Å². The van der Waals surface area contributed by atoms with Crippen LogP contribution < -0.4 is 10.5 Å². The highest BCUT2D eigenvalue weighted by molar-refractivity contribution is 5.47. The molecule has 0 saturated heterocycles. The van der Waals surface area contributed by atoms with Crippen LogP contribution in [0, 0.1) is 11.3 Å². The number of ether oxygens (including phenoxy) is 1. The molecule has 3 nitrogen and oxygen atoms in total. The van der Waals surface area contributed by atoms with Gasteiger partial charge in [0.15, 0.2) is 0 Å². The summed E-state index contributed by atoms with van der Waals surface area (Å²) < 4.78 is 5.79. The lowest BCUT2D eigenvalue weighted by atomic mass is 10.1. The monoisotopic (exact) mass is 238 g/mol. The molecular formula is C15H14N2O. The molecule has 0 fully saturated rings. The van der Waals surface area contributed by atoms with Gasteiger partial charge in [0.2, 0.25) is 0 Å². The minimum Gasteiger partial charge on any atom is -0.456 e. The first-order chi connectivity index (χ1) is 8.72. The summed E-state index contributed by atoms with van der Waals surface area (Å²) in [7, 11) is 0. The molecule has 90 valence electrons. The Hall–Kier alpha value is -2.31. The van der Waals surface area contributed by atoms with Gasteiger partial charge in [0.25, 0.3) is 0 Å². The van der Waals surface area contributed by atoms with Gasteiger partial charge in [-0.25, -0.2) is 0 Å². The second-order valence-electron chi connectivity index (χ2n) is 4.04. The number of para-hydroxylation sites is 2. The van der Waals surface area contributed by atoms with Crippen LogP contribution in [0.5, 0.6) is 11.5 Å². The third kappa shape index (κ3) is 2.50. The van der Waals surface area contributed by atoms with E-state index in [1.165, 1.54) is 0 Å². The van der Waals surface area contributed by atoms with Crippen LogP contribution in [-0.2, 0) is 0 Å². The lowest BCUT2D eigenvalue weighted by molar-refractivity contribution is 0.470. The van der Waals surface area contributed by atoms with Gasteiger partial charge in [0, 0.05) is 11.6 Å². The van der Waals surface area contributed by atoms with Crippen molar-refractivity contribution >= 4 is 0 Å². The summed E-state index contributed by atoms with van der Waals surface area (Å²) in [5.74, 6) is 1.24. The molecule has 2 aromatic rings. The second kappa shape index (κ2) is 5.35. The molecule has 0 saturated carbocycles. The molecule has 0 aliphatic rings. The molecule has 3 heteroatoms. The smallest absolute Gasteiger partial charge is 0.145 e. The van der Waals surface area contributed by atoms with Gasteiger partial charge >= 0.3 is 0 Å². The van der Waals surface area contributed by atoms with Crippen molar-refractivity contribution < 1.29 is 4.74 Å². The molecule has 2 aromatic carbocycles. The molecule has 0 unspecified atom stereocenters. The van der Waals surface area contributed by atoms with Crippen molar-refractivity contribution in [2.75, 3.05) is 0 Å². The van der Waals surface area contributed by atoms with Crippen molar-refractivity contribution in [2.45, 2.75) is 13.0 Å². The molecule has 1 atom stereocenters. The Morgan fingerprint density at radius 2 is 1.67 bits per heavy atom. The molecular weight excluding hydrogens is 224 g/mol. The third-order valence-electron chi connectivity index (χ3n) is 2.64. The summed E-state index contributed by atoms with van der Waals surface area (Å²) in [5.41, 5.74) is 7.33. The first kappa shape index (κ1) is 12.2.